The van der Waals surface area contributed by atoms with Crippen LogP contribution in [0, 0.1) is 5.92 Å². The first kappa shape index (κ1) is 20.0. The van der Waals surface area contributed by atoms with Crippen molar-refractivity contribution in [3.05, 3.63) is 24.3 Å². The van der Waals surface area contributed by atoms with Gasteiger partial charge in [-0.25, -0.2) is 4.79 Å². The molecule has 6 heteroatoms. The Morgan fingerprint density at radius 3 is 2.34 bits per heavy atom. The normalized spacial score (nSPS) is 23.2. The summed E-state index contributed by atoms with van der Waals surface area (Å²) in [7, 11) is 0. The number of hydrogen-bond donors (Lipinski definition) is 0. The molecule has 0 unspecified atom stereocenters. The van der Waals surface area contributed by atoms with E-state index in [9.17, 15) is 9.59 Å². The highest BCUT2D eigenvalue weighted by Gasteiger charge is 2.35. The Balaban J connectivity index is 1.38. The quantitative estimate of drug-likeness (QED) is 0.758. The van der Waals surface area contributed by atoms with E-state index >= 15 is 0 Å². The van der Waals surface area contributed by atoms with Crippen LogP contribution in [0.25, 0.3) is 0 Å². The Bertz CT molecular complexity index is 722. The van der Waals surface area contributed by atoms with Gasteiger partial charge < -0.3 is 14.5 Å². The molecule has 0 aromatic heterocycles. The van der Waals surface area contributed by atoms with E-state index < -0.39 is 0 Å². The molecule has 0 spiro atoms. The number of hydrogen-bond acceptors (Lipinski definition) is 3. The topological polar surface area (TPSA) is 53.1 Å². The number of carbonyl (C=O) groups is 2. The van der Waals surface area contributed by atoms with Gasteiger partial charge in [-0.3, -0.25) is 9.69 Å². The zero-order valence-electron chi connectivity index (χ0n) is 17.5. The third-order valence-corrected chi connectivity index (χ3v) is 6.55. The van der Waals surface area contributed by atoms with Crippen molar-refractivity contribution in [1.29, 1.82) is 0 Å². The number of rotatable bonds is 2. The first-order chi connectivity index (χ1) is 14.2. The molecule has 158 valence electrons. The van der Waals surface area contributed by atoms with Crippen LogP contribution in [0.15, 0.2) is 24.3 Å². The van der Waals surface area contributed by atoms with Gasteiger partial charge in [-0.2, -0.15) is 0 Å². The number of benzene rings is 1. The van der Waals surface area contributed by atoms with Crippen molar-refractivity contribution >= 4 is 17.6 Å². The summed E-state index contributed by atoms with van der Waals surface area (Å²) < 4.78 is 6.01. The highest BCUT2D eigenvalue weighted by atomic mass is 16.5. The first-order valence-electron chi connectivity index (χ1n) is 11.3. The highest BCUT2D eigenvalue weighted by molar-refractivity contribution is 5.94. The molecule has 3 amide bonds. The third kappa shape index (κ3) is 4.36. The summed E-state index contributed by atoms with van der Waals surface area (Å²) >= 11 is 0. The van der Waals surface area contributed by atoms with E-state index in [-0.39, 0.29) is 18.1 Å². The van der Waals surface area contributed by atoms with Crippen LogP contribution in [-0.4, -0.2) is 60.6 Å². The lowest BCUT2D eigenvalue weighted by atomic mass is 9.95. The van der Waals surface area contributed by atoms with Crippen LogP contribution in [0.4, 0.5) is 10.5 Å². The second kappa shape index (κ2) is 9.06. The zero-order chi connectivity index (χ0) is 20.2. The molecule has 4 rings (SSSR count). The maximum Gasteiger partial charge on any atom is 0.324 e. The number of anilines is 1. The fourth-order valence-electron chi connectivity index (χ4n) is 4.73. The number of nitrogens with zero attached hydrogens (tertiary/aromatic N) is 3. The molecule has 1 aromatic rings. The molecule has 3 aliphatic heterocycles. The Labute approximate surface area is 173 Å². The van der Waals surface area contributed by atoms with Crippen LogP contribution in [0.3, 0.4) is 0 Å². The smallest absolute Gasteiger partial charge is 0.324 e. The predicted octanol–water partition coefficient (Wildman–Crippen LogP) is 3.90. The first-order valence-corrected chi connectivity index (χ1v) is 11.3. The van der Waals surface area contributed by atoms with Gasteiger partial charge in [0, 0.05) is 32.1 Å². The van der Waals surface area contributed by atoms with Gasteiger partial charge in [-0.05, 0) is 44.2 Å². The van der Waals surface area contributed by atoms with Crippen LogP contribution in [0.5, 0.6) is 5.75 Å². The van der Waals surface area contributed by atoms with Gasteiger partial charge in [0.2, 0.25) is 5.91 Å². The second-order valence-corrected chi connectivity index (χ2v) is 8.51. The van der Waals surface area contributed by atoms with Gasteiger partial charge in [-0.1, -0.05) is 31.9 Å². The summed E-state index contributed by atoms with van der Waals surface area (Å²) in [6, 6.07) is 7.82. The van der Waals surface area contributed by atoms with E-state index in [0.717, 1.165) is 56.6 Å². The Kier molecular flexibility index (Phi) is 6.26. The molecule has 0 bridgehead atoms. The summed E-state index contributed by atoms with van der Waals surface area (Å²) in [4.78, 5) is 32.1. The molecule has 0 saturated carbocycles. The third-order valence-electron chi connectivity index (χ3n) is 6.55. The second-order valence-electron chi connectivity index (χ2n) is 8.51. The minimum atomic E-state index is 0.0241. The SMILES string of the molecule is CC[C@H]1CN(C(=O)N2CCC(C(=O)N3CCCCCC3)CC2)c2ccccc2O1. The van der Waals surface area contributed by atoms with E-state index in [1.54, 1.807) is 0 Å². The molecule has 0 N–H and O–H groups in total. The maximum absolute atomic E-state index is 13.3. The molecule has 6 nitrogen and oxygen atoms in total. The minimum absolute atomic E-state index is 0.0241. The molecule has 1 atom stereocenters. The van der Waals surface area contributed by atoms with E-state index in [1.165, 1.54) is 12.8 Å². The van der Waals surface area contributed by atoms with Crippen molar-refractivity contribution in [2.75, 3.05) is 37.6 Å². The monoisotopic (exact) mass is 399 g/mol. The van der Waals surface area contributed by atoms with Gasteiger partial charge >= 0.3 is 6.03 Å². The fourth-order valence-corrected chi connectivity index (χ4v) is 4.73. The Morgan fingerprint density at radius 2 is 1.66 bits per heavy atom. The van der Waals surface area contributed by atoms with Gasteiger partial charge in [-0.15, -0.1) is 0 Å². The molecular weight excluding hydrogens is 366 g/mol. The average molecular weight is 400 g/mol. The van der Waals surface area contributed by atoms with Gasteiger partial charge in [0.1, 0.15) is 11.9 Å². The van der Waals surface area contributed by atoms with Crippen molar-refractivity contribution in [2.24, 2.45) is 5.92 Å². The summed E-state index contributed by atoms with van der Waals surface area (Å²) in [5, 5.41) is 0. The van der Waals surface area contributed by atoms with Crippen molar-refractivity contribution in [3.8, 4) is 5.75 Å². The fraction of sp³-hybridized carbons (Fsp3) is 0.652. The van der Waals surface area contributed by atoms with Crippen LogP contribution < -0.4 is 9.64 Å². The molecule has 29 heavy (non-hydrogen) atoms. The van der Waals surface area contributed by atoms with Crippen molar-refractivity contribution < 1.29 is 14.3 Å². The molecule has 0 radical (unpaired) electrons. The minimum Gasteiger partial charge on any atom is -0.486 e. The molecule has 3 aliphatic rings. The number of likely N-dealkylation sites (tertiary alicyclic amines) is 2. The summed E-state index contributed by atoms with van der Waals surface area (Å²) in [6.45, 7) is 5.78. The Morgan fingerprint density at radius 1 is 0.966 bits per heavy atom. The van der Waals surface area contributed by atoms with Crippen LogP contribution in [-0.2, 0) is 4.79 Å². The largest absolute Gasteiger partial charge is 0.486 e. The number of piperidine rings is 1. The van der Waals surface area contributed by atoms with Crippen molar-refractivity contribution in [2.45, 2.75) is 58.0 Å². The predicted molar refractivity (Wildman–Crippen MR) is 113 cm³/mol. The summed E-state index contributed by atoms with van der Waals surface area (Å²) in [5.74, 6) is 1.16. The van der Waals surface area contributed by atoms with E-state index in [2.05, 4.69) is 11.8 Å². The number of amides is 3. The van der Waals surface area contributed by atoms with Crippen LogP contribution >= 0.6 is 0 Å². The zero-order valence-corrected chi connectivity index (χ0v) is 17.5. The number of carbonyl (C=O) groups excluding carboxylic acids is 2. The molecule has 3 heterocycles. The number of fused-ring (bicyclic) bond motifs is 1. The molecular formula is C23H33N3O3. The van der Waals surface area contributed by atoms with Crippen LogP contribution in [0.1, 0.15) is 51.9 Å². The van der Waals surface area contributed by atoms with Crippen molar-refractivity contribution in [3.63, 3.8) is 0 Å². The average Bonchev–Trinajstić information content (AvgIpc) is 3.07. The molecule has 1 aromatic carbocycles. The van der Waals surface area contributed by atoms with Crippen molar-refractivity contribution in [1.82, 2.24) is 9.80 Å². The molecule has 2 saturated heterocycles. The lowest BCUT2D eigenvalue weighted by Gasteiger charge is -2.40. The van der Waals surface area contributed by atoms with Crippen LogP contribution in [0.2, 0.25) is 0 Å². The summed E-state index contributed by atoms with van der Waals surface area (Å²) in [6.07, 6.45) is 7.14. The number of urea groups is 1. The van der Waals surface area contributed by atoms with E-state index in [0.29, 0.717) is 25.5 Å². The lowest BCUT2D eigenvalue weighted by molar-refractivity contribution is -0.136. The highest BCUT2D eigenvalue weighted by Crippen LogP contribution is 2.35. The number of ether oxygens (including phenoxy) is 1. The molecule has 0 aliphatic carbocycles. The standard InChI is InChI=1S/C23H33N3O3/c1-2-19-17-26(20-9-5-6-10-21(20)29-19)23(28)25-15-11-18(12-16-25)22(27)24-13-7-3-4-8-14-24/h5-6,9-10,18-19H,2-4,7-8,11-17H2,1H3/t19-/m0/s1. The van der Waals surface area contributed by atoms with E-state index in [4.69, 9.17) is 4.74 Å². The van der Waals surface area contributed by atoms with Gasteiger partial charge in [0.15, 0.2) is 0 Å². The Hall–Kier alpha value is -2.24. The van der Waals surface area contributed by atoms with Gasteiger partial charge in [0.25, 0.3) is 0 Å². The lowest BCUT2D eigenvalue weighted by Crippen LogP contribution is -2.52. The van der Waals surface area contributed by atoms with E-state index in [1.807, 2.05) is 34.1 Å². The maximum atomic E-state index is 13.3. The van der Waals surface area contributed by atoms with Gasteiger partial charge in [0.05, 0.1) is 12.2 Å². The summed E-state index contributed by atoms with van der Waals surface area (Å²) in [5.41, 5.74) is 0.852. The molecule has 2 fully saturated rings. The number of para-hydroxylation sites is 2.